The van der Waals surface area contributed by atoms with Crippen molar-refractivity contribution in [3.63, 3.8) is 0 Å². The zero-order valence-corrected chi connectivity index (χ0v) is 17.2. The number of carbonyl (C=O) groups is 1. The zero-order valence-electron chi connectivity index (χ0n) is 17.2. The highest BCUT2D eigenvalue weighted by Gasteiger charge is 2.44. The Bertz CT molecular complexity index is 910. The molecule has 1 saturated carbocycles. The molecular formula is C22H28N4O4. The number of aliphatic hydroxyl groups excluding tert-OH is 1. The number of likely N-dealkylation sites (tertiary alicyclic amines) is 1. The molecule has 2 aromatic rings. The van der Waals surface area contributed by atoms with Crippen molar-refractivity contribution in [3.8, 4) is 5.75 Å². The molecule has 1 aromatic heterocycles. The van der Waals surface area contributed by atoms with E-state index >= 15 is 0 Å². The second-order valence-electron chi connectivity index (χ2n) is 8.72. The summed E-state index contributed by atoms with van der Waals surface area (Å²) in [6.07, 6.45) is 2.61. The molecule has 30 heavy (non-hydrogen) atoms. The fourth-order valence-electron chi connectivity index (χ4n) is 5.09. The number of aromatic nitrogens is 2. The van der Waals surface area contributed by atoms with Crippen LogP contribution < -0.4 is 9.64 Å². The third-order valence-electron chi connectivity index (χ3n) is 6.66. The van der Waals surface area contributed by atoms with Gasteiger partial charge < -0.3 is 24.1 Å². The van der Waals surface area contributed by atoms with Gasteiger partial charge in [-0.15, -0.1) is 5.10 Å². The number of aliphatic hydroxyl groups is 1. The number of hydrogen-bond acceptors (Lipinski definition) is 7. The monoisotopic (exact) mass is 412 g/mol. The van der Waals surface area contributed by atoms with Crippen LogP contribution in [0.15, 0.2) is 28.7 Å². The zero-order chi connectivity index (χ0) is 20.7. The Morgan fingerprint density at radius 1 is 1.13 bits per heavy atom. The molecule has 2 aliphatic heterocycles. The van der Waals surface area contributed by atoms with E-state index in [1.165, 1.54) is 0 Å². The smallest absolute Gasteiger partial charge is 0.318 e. The molecule has 0 unspecified atom stereocenters. The van der Waals surface area contributed by atoms with Gasteiger partial charge in [0, 0.05) is 33.1 Å². The standard InChI is InChI=1S/C22H28N4O4/c1-14-23-24-22(29-14)26-12-15-10-18(27)20(11-16(15)13-26)30-19-7-3-2-6-17(19)21(28)25-8-4-5-9-25/h2-3,6-7,15-16,18,20,27H,4-5,8-13H2,1H3/t15-,16+,18+,20+/m0/s1. The quantitative estimate of drug-likeness (QED) is 0.824. The lowest BCUT2D eigenvalue weighted by atomic mass is 9.78. The van der Waals surface area contributed by atoms with E-state index < -0.39 is 6.10 Å². The van der Waals surface area contributed by atoms with E-state index in [0.29, 0.717) is 41.5 Å². The highest BCUT2D eigenvalue weighted by molar-refractivity contribution is 5.97. The summed E-state index contributed by atoms with van der Waals surface area (Å²) >= 11 is 0. The molecule has 0 spiro atoms. The summed E-state index contributed by atoms with van der Waals surface area (Å²) in [5.41, 5.74) is 0.586. The van der Waals surface area contributed by atoms with E-state index in [0.717, 1.165) is 45.4 Å². The number of amides is 1. The Morgan fingerprint density at radius 3 is 2.60 bits per heavy atom. The summed E-state index contributed by atoms with van der Waals surface area (Å²) in [6.45, 7) is 5.00. The van der Waals surface area contributed by atoms with Crippen LogP contribution in [0.2, 0.25) is 0 Å². The Hall–Kier alpha value is -2.61. The van der Waals surface area contributed by atoms with Crippen molar-refractivity contribution in [2.24, 2.45) is 11.8 Å². The number of hydrogen-bond donors (Lipinski definition) is 1. The second-order valence-corrected chi connectivity index (χ2v) is 8.72. The minimum Gasteiger partial charge on any atom is -0.487 e. The summed E-state index contributed by atoms with van der Waals surface area (Å²) in [4.78, 5) is 16.9. The summed E-state index contributed by atoms with van der Waals surface area (Å²) in [5, 5.41) is 18.8. The van der Waals surface area contributed by atoms with Crippen LogP contribution in [0.4, 0.5) is 6.01 Å². The van der Waals surface area contributed by atoms with Gasteiger partial charge in [0.15, 0.2) is 0 Å². The van der Waals surface area contributed by atoms with Crippen molar-refractivity contribution in [2.45, 2.75) is 44.8 Å². The molecule has 3 fully saturated rings. The lowest BCUT2D eigenvalue weighted by Crippen LogP contribution is -2.42. The Morgan fingerprint density at radius 2 is 1.87 bits per heavy atom. The highest BCUT2D eigenvalue weighted by atomic mass is 16.5. The van der Waals surface area contributed by atoms with E-state index in [-0.39, 0.29) is 12.0 Å². The van der Waals surface area contributed by atoms with Crippen LogP contribution in [0, 0.1) is 18.8 Å². The van der Waals surface area contributed by atoms with Gasteiger partial charge in [-0.05, 0) is 49.7 Å². The molecule has 4 atom stereocenters. The first kappa shape index (κ1) is 19.4. The predicted octanol–water partition coefficient (Wildman–Crippen LogP) is 2.27. The van der Waals surface area contributed by atoms with Crippen molar-refractivity contribution < 1.29 is 19.1 Å². The molecule has 8 heteroatoms. The predicted molar refractivity (Wildman–Crippen MR) is 109 cm³/mol. The third kappa shape index (κ3) is 3.64. The van der Waals surface area contributed by atoms with Gasteiger partial charge in [0.1, 0.15) is 11.9 Å². The summed E-state index contributed by atoms with van der Waals surface area (Å²) in [6, 6.07) is 7.96. The first-order valence-electron chi connectivity index (χ1n) is 10.9. The number of fused-ring (bicyclic) bond motifs is 1. The number of para-hydroxylation sites is 1. The first-order valence-corrected chi connectivity index (χ1v) is 10.9. The van der Waals surface area contributed by atoms with Crippen LogP contribution in [0.1, 0.15) is 41.9 Å². The van der Waals surface area contributed by atoms with Crippen LogP contribution in [0.5, 0.6) is 5.75 Å². The number of aryl methyl sites for hydroxylation is 1. The van der Waals surface area contributed by atoms with Gasteiger partial charge in [0.25, 0.3) is 5.91 Å². The second kappa shape index (κ2) is 7.91. The highest BCUT2D eigenvalue weighted by Crippen LogP contribution is 2.39. The molecule has 3 heterocycles. The molecule has 1 amide bonds. The lowest BCUT2D eigenvalue weighted by Gasteiger charge is -2.35. The molecule has 160 valence electrons. The largest absolute Gasteiger partial charge is 0.487 e. The SMILES string of the molecule is Cc1nnc(N2C[C@H]3C[C@@H](Oc4ccccc4C(=O)N4CCCC4)[C@H](O)C[C@H]3C2)o1. The van der Waals surface area contributed by atoms with Gasteiger partial charge in [0.2, 0.25) is 5.89 Å². The van der Waals surface area contributed by atoms with Crippen LogP contribution >= 0.6 is 0 Å². The van der Waals surface area contributed by atoms with Crippen LogP contribution in [0.3, 0.4) is 0 Å². The van der Waals surface area contributed by atoms with Crippen molar-refractivity contribution in [1.29, 1.82) is 0 Å². The molecule has 5 rings (SSSR count). The Balaban J connectivity index is 1.29. The van der Waals surface area contributed by atoms with Crippen molar-refractivity contribution >= 4 is 11.9 Å². The van der Waals surface area contributed by atoms with Crippen molar-refractivity contribution in [1.82, 2.24) is 15.1 Å². The van der Waals surface area contributed by atoms with Crippen LogP contribution in [-0.4, -0.2) is 64.5 Å². The minimum absolute atomic E-state index is 0.0186. The number of benzene rings is 1. The van der Waals surface area contributed by atoms with Crippen molar-refractivity contribution in [3.05, 3.63) is 35.7 Å². The summed E-state index contributed by atoms with van der Waals surface area (Å²) in [5.74, 6) is 1.89. The molecule has 0 radical (unpaired) electrons. The molecular weight excluding hydrogens is 384 g/mol. The van der Waals surface area contributed by atoms with Gasteiger partial charge in [0.05, 0.1) is 11.7 Å². The molecule has 8 nitrogen and oxygen atoms in total. The maximum absolute atomic E-state index is 12.9. The number of anilines is 1. The summed E-state index contributed by atoms with van der Waals surface area (Å²) in [7, 11) is 0. The van der Waals surface area contributed by atoms with Gasteiger partial charge in [-0.2, -0.15) is 0 Å². The van der Waals surface area contributed by atoms with E-state index in [9.17, 15) is 9.90 Å². The maximum Gasteiger partial charge on any atom is 0.318 e. The Kier molecular flexibility index (Phi) is 5.10. The van der Waals surface area contributed by atoms with E-state index in [4.69, 9.17) is 9.15 Å². The Labute approximate surface area is 175 Å². The van der Waals surface area contributed by atoms with E-state index in [1.54, 1.807) is 6.92 Å². The number of nitrogens with zero attached hydrogens (tertiary/aromatic N) is 4. The van der Waals surface area contributed by atoms with Crippen molar-refractivity contribution in [2.75, 3.05) is 31.1 Å². The van der Waals surface area contributed by atoms with E-state index in [1.807, 2.05) is 29.2 Å². The number of carbonyl (C=O) groups excluding carboxylic acids is 1. The molecule has 0 bridgehead atoms. The molecule has 2 saturated heterocycles. The fourth-order valence-corrected chi connectivity index (χ4v) is 5.09. The molecule has 1 N–H and O–H groups in total. The van der Waals surface area contributed by atoms with Gasteiger partial charge in [-0.25, -0.2) is 0 Å². The third-order valence-corrected chi connectivity index (χ3v) is 6.66. The number of ether oxygens (including phenoxy) is 1. The first-order chi connectivity index (χ1) is 14.6. The minimum atomic E-state index is -0.564. The van der Waals surface area contributed by atoms with Crippen LogP contribution in [-0.2, 0) is 0 Å². The van der Waals surface area contributed by atoms with E-state index in [2.05, 4.69) is 15.1 Å². The lowest BCUT2D eigenvalue weighted by molar-refractivity contribution is -0.0235. The average molecular weight is 412 g/mol. The fraction of sp³-hybridized carbons (Fsp3) is 0.591. The van der Waals surface area contributed by atoms with Gasteiger partial charge in [-0.3, -0.25) is 4.79 Å². The normalized spacial score (nSPS) is 28.6. The topological polar surface area (TPSA) is 91.9 Å². The van der Waals surface area contributed by atoms with Crippen LogP contribution in [0.25, 0.3) is 0 Å². The molecule has 1 aliphatic carbocycles. The molecule has 1 aromatic carbocycles. The molecule has 3 aliphatic rings. The maximum atomic E-state index is 12.9. The van der Waals surface area contributed by atoms with Gasteiger partial charge >= 0.3 is 6.01 Å². The number of rotatable bonds is 4. The van der Waals surface area contributed by atoms with Gasteiger partial charge in [-0.1, -0.05) is 17.2 Å². The summed E-state index contributed by atoms with van der Waals surface area (Å²) < 4.78 is 11.8. The average Bonchev–Trinajstić information content (AvgIpc) is 3.49.